The van der Waals surface area contributed by atoms with Crippen LogP contribution in [0.2, 0.25) is 0 Å². The molecule has 1 atom stereocenters. The van der Waals surface area contributed by atoms with Crippen LogP contribution in [0.5, 0.6) is 5.75 Å². The fourth-order valence-corrected chi connectivity index (χ4v) is 2.83. The van der Waals surface area contributed by atoms with E-state index in [2.05, 4.69) is 32.0 Å². The van der Waals surface area contributed by atoms with Crippen molar-refractivity contribution in [1.29, 1.82) is 0 Å². The van der Waals surface area contributed by atoms with Crippen LogP contribution in [0.25, 0.3) is 10.8 Å². The van der Waals surface area contributed by atoms with E-state index >= 15 is 0 Å². The SMILES string of the molecule is COc1ccc(C(Cl)CC(C)C)c2ccccc12. The van der Waals surface area contributed by atoms with E-state index < -0.39 is 0 Å². The van der Waals surface area contributed by atoms with Crippen LogP contribution in [0.4, 0.5) is 0 Å². The number of alkyl halides is 1. The molecule has 96 valence electrons. The van der Waals surface area contributed by atoms with Crippen LogP contribution in [0.15, 0.2) is 36.4 Å². The second-order valence-electron chi connectivity index (χ2n) is 5.00. The van der Waals surface area contributed by atoms with Gasteiger partial charge in [-0.2, -0.15) is 0 Å². The van der Waals surface area contributed by atoms with Crippen LogP contribution >= 0.6 is 11.6 Å². The van der Waals surface area contributed by atoms with Crippen molar-refractivity contribution in [3.05, 3.63) is 42.0 Å². The Hall–Kier alpha value is -1.21. The van der Waals surface area contributed by atoms with Gasteiger partial charge in [-0.3, -0.25) is 0 Å². The van der Waals surface area contributed by atoms with Crippen molar-refractivity contribution in [2.24, 2.45) is 5.92 Å². The van der Waals surface area contributed by atoms with E-state index in [1.165, 1.54) is 10.9 Å². The van der Waals surface area contributed by atoms with Crippen molar-refractivity contribution >= 4 is 22.4 Å². The van der Waals surface area contributed by atoms with Gasteiger partial charge in [-0.05, 0) is 29.4 Å². The number of hydrogen-bond acceptors (Lipinski definition) is 1. The molecule has 0 aliphatic carbocycles. The topological polar surface area (TPSA) is 9.23 Å². The molecule has 0 heterocycles. The number of hydrogen-bond donors (Lipinski definition) is 0. The first kappa shape index (κ1) is 13.2. The monoisotopic (exact) mass is 262 g/mol. The van der Waals surface area contributed by atoms with Crippen LogP contribution in [0.1, 0.15) is 31.2 Å². The molecule has 1 nitrogen and oxygen atoms in total. The molecule has 0 saturated carbocycles. The average molecular weight is 263 g/mol. The van der Waals surface area contributed by atoms with Crippen LogP contribution in [-0.4, -0.2) is 7.11 Å². The standard InChI is InChI=1S/C16H19ClO/c1-11(2)10-15(17)13-8-9-16(18-3)14-7-5-4-6-12(13)14/h4-9,11,15H,10H2,1-3H3. The minimum Gasteiger partial charge on any atom is -0.496 e. The zero-order chi connectivity index (χ0) is 13.1. The molecule has 1 unspecified atom stereocenters. The Labute approximate surface area is 114 Å². The zero-order valence-electron chi connectivity index (χ0n) is 11.1. The summed E-state index contributed by atoms with van der Waals surface area (Å²) in [6.45, 7) is 4.39. The molecule has 2 aromatic rings. The van der Waals surface area contributed by atoms with Gasteiger partial charge in [0.1, 0.15) is 5.75 Å². The Morgan fingerprint density at radius 1 is 1.06 bits per heavy atom. The molecule has 0 aliphatic heterocycles. The highest BCUT2D eigenvalue weighted by Gasteiger charge is 2.14. The van der Waals surface area contributed by atoms with E-state index in [0.29, 0.717) is 5.92 Å². The predicted octanol–water partition coefficient (Wildman–Crippen LogP) is 5.17. The summed E-state index contributed by atoms with van der Waals surface area (Å²) in [4.78, 5) is 0. The van der Waals surface area contributed by atoms with Gasteiger partial charge in [-0.1, -0.05) is 44.2 Å². The maximum Gasteiger partial charge on any atom is 0.126 e. The molecule has 2 heteroatoms. The third kappa shape index (κ3) is 2.62. The van der Waals surface area contributed by atoms with Gasteiger partial charge in [0.15, 0.2) is 0 Å². The molecule has 0 amide bonds. The van der Waals surface area contributed by atoms with Crippen LogP contribution in [0, 0.1) is 5.92 Å². The third-order valence-electron chi connectivity index (χ3n) is 3.15. The fraction of sp³-hybridized carbons (Fsp3) is 0.375. The molecule has 0 spiro atoms. The number of ether oxygens (including phenoxy) is 1. The minimum atomic E-state index is 0.0563. The molecule has 0 bridgehead atoms. The Morgan fingerprint density at radius 2 is 1.72 bits per heavy atom. The fourth-order valence-electron chi connectivity index (χ4n) is 2.29. The Kier molecular flexibility index (Phi) is 4.13. The first-order chi connectivity index (χ1) is 8.63. The number of rotatable bonds is 4. The molecular formula is C16H19ClO. The van der Waals surface area contributed by atoms with Gasteiger partial charge in [0.2, 0.25) is 0 Å². The van der Waals surface area contributed by atoms with E-state index in [1.807, 2.05) is 18.2 Å². The Bertz CT molecular complexity index is 534. The third-order valence-corrected chi connectivity index (χ3v) is 3.57. The van der Waals surface area contributed by atoms with Gasteiger partial charge >= 0.3 is 0 Å². The summed E-state index contributed by atoms with van der Waals surface area (Å²) in [7, 11) is 1.70. The van der Waals surface area contributed by atoms with Gasteiger partial charge in [-0.25, -0.2) is 0 Å². The normalized spacial score (nSPS) is 12.9. The largest absolute Gasteiger partial charge is 0.496 e. The van der Waals surface area contributed by atoms with Crippen molar-refractivity contribution in [3.8, 4) is 5.75 Å². The molecule has 18 heavy (non-hydrogen) atoms. The molecule has 0 N–H and O–H groups in total. The highest BCUT2D eigenvalue weighted by Crippen LogP contribution is 2.36. The first-order valence-corrected chi connectivity index (χ1v) is 6.76. The van der Waals surface area contributed by atoms with Crippen LogP contribution in [-0.2, 0) is 0 Å². The summed E-state index contributed by atoms with van der Waals surface area (Å²) in [5.74, 6) is 1.50. The lowest BCUT2D eigenvalue weighted by molar-refractivity contribution is 0.419. The number of benzene rings is 2. The predicted molar refractivity (Wildman–Crippen MR) is 78.5 cm³/mol. The lowest BCUT2D eigenvalue weighted by atomic mass is 9.96. The second-order valence-corrected chi connectivity index (χ2v) is 5.53. The quantitative estimate of drug-likeness (QED) is 0.691. The molecular weight excluding hydrogens is 244 g/mol. The van der Waals surface area contributed by atoms with Gasteiger partial charge in [0.05, 0.1) is 12.5 Å². The van der Waals surface area contributed by atoms with Crippen molar-refractivity contribution in [3.63, 3.8) is 0 Å². The van der Waals surface area contributed by atoms with E-state index in [-0.39, 0.29) is 5.38 Å². The van der Waals surface area contributed by atoms with Gasteiger partial charge in [-0.15, -0.1) is 11.6 Å². The number of fused-ring (bicyclic) bond motifs is 1. The molecule has 2 aromatic carbocycles. The maximum atomic E-state index is 6.53. The van der Waals surface area contributed by atoms with Gasteiger partial charge in [0, 0.05) is 5.39 Å². The zero-order valence-corrected chi connectivity index (χ0v) is 11.9. The molecule has 0 aliphatic rings. The summed E-state index contributed by atoms with van der Waals surface area (Å²) in [6.07, 6.45) is 0.984. The van der Waals surface area contributed by atoms with Crippen LogP contribution in [0.3, 0.4) is 0 Å². The molecule has 0 aromatic heterocycles. The maximum absolute atomic E-state index is 6.53. The molecule has 0 fully saturated rings. The summed E-state index contributed by atoms with van der Waals surface area (Å²) in [5, 5.41) is 2.38. The van der Waals surface area contributed by atoms with Crippen molar-refractivity contribution in [1.82, 2.24) is 0 Å². The Balaban J connectivity index is 2.52. The molecule has 2 rings (SSSR count). The van der Waals surface area contributed by atoms with E-state index in [4.69, 9.17) is 16.3 Å². The summed E-state index contributed by atoms with van der Waals surface area (Å²) >= 11 is 6.53. The lowest BCUT2D eigenvalue weighted by Gasteiger charge is -2.16. The highest BCUT2D eigenvalue weighted by atomic mass is 35.5. The second kappa shape index (κ2) is 5.62. The first-order valence-electron chi connectivity index (χ1n) is 6.33. The summed E-state index contributed by atoms with van der Waals surface area (Å²) in [6, 6.07) is 12.4. The molecule has 0 radical (unpaired) electrons. The average Bonchev–Trinajstić information content (AvgIpc) is 2.36. The van der Waals surface area contributed by atoms with Crippen molar-refractivity contribution in [2.45, 2.75) is 25.6 Å². The van der Waals surface area contributed by atoms with Crippen molar-refractivity contribution < 1.29 is 4.74 Å². The van der Waals surface area contributed by atoms with Crippen molar-refractivity contribution in [2.75, 3.05) is 7.11 Å². The Morgan fingerprint density at radius 3 is 2.33 bits per heavy atom. The smallest absolute Gasteiger partial charge is 0.126 e. The van der Waals surface area contributed by atoms with Crippen LogP contribution < -0.4 is 4.74 Å². The van der Waals surface area contributed by atoms with E-state index in [0.717, 1.165) is 17.6 Å². The highest BCUT2D eigenvalue weighted by molar-refractivity contribution is 6.22. The van der Waals surface area contributed by atoms with E-state index in [9.17, 15) is 0 Å². The number of methoxy groups -OCH3 is 1. The van der Waals surface area contributed by atoms with E-state index in [1.54, 1.807) is 7.11 Å². The minimum absolute atomic E-state index is 0.0563. The van der Waals surface area contributed by atoms with Gasteiger partial charge < -0.3 is 4.74 Å². The summed E-state index contributed by atoms with van der Waals surface area (Å²) < 4.78 is 5.40. The lowest BCUT2D eigenvalue weighted by Crippen LogP contribution is -1.98. The number of halogens is 1. The molecule has 0 saturated heterocycles. The van der Waals surface area contributed by atoms with Gasteiger partial charge in [0.25, 0.3) is 0 Å². The summed E-state index contributed by atoms with van der Waals surface area (Å²) in [5.41, 5.74) is 1.20.